The Labute approximate surface area is 113 Å². The highest BCUT2D eigenvalue weighted by Crippen LogP contribution is 2.30. The maximum atomic E-state index is 6.12. The van der Waals surface area contributed by atoms with Gasteiger partial charge in [0.25, 0.3) is 0 Å². The van der Waals surface area contributed by atoms with Crippen LogP contribution in [0.5, 0.6) is 5.75 Å². The van der Waals surface area contributed by atoms with Gasteiger partial charge in [-0.2, -0.15) is 11.8 Å². The molecule has 1 aromatic carbocycles. The van der Waals surface area contributed by atoms with E-state index >= 15 is 0 Å². The van der Waals surface area contributed by atoms with Gasteiger partial charge in [0, 0.05) is 6.54 Å². The third-order valence-electron chi connectivity index (χ3n) is 3.13. The van der Waals surface area contributed by atoms with E-state index in [4.69, 9.17) is 10.5 Å². The number of hydrogen-bond donors (Lipinski definition) is 2. The number of benzene rings is 1. The number of nitrogens with two attached hydrogens (primary N) is 1. The number of ether oxygens (including phenoxy) is 1. The van der Waals surface area contributed by atoms with Crippen LogP contribution in [0.2, 0.25) is 0 Å². The van der Waals surface area contributed by atoms with E-state index in [1.807, 2.05) is 30.0 Å². The lowest BCUT2D eigenvalue weighted by atomic mass is 10.1. The van der Waals surface area contributed by atoms with Gasteiger partial charge in [-0.1, -0.05) is 13.0 Å². The van der Waals surface area contributed by atoms with E-state index in [2.05, 4.69) is 12.2 Å². The summed E-state index contributed by atoms with van der Waals surface area (Å²) < 4.78 is 5.63. The molecule has 0 saturated carbocycles. The van der Waals surface area contributed by atoms with Gasteiger partial charge in [0.1, 0.15) is 5.75 Å². The normalized spacial score (nSPS) is 18.8. The standard InChI is InChI=1S/C14H22N2OS/c1-2-7-17-13-5-3-4-12(14(13)15)16-9-11-6-8-18-10-11/h3-5,11,16H,2,6-10,15H2,1H3. The molecular weight excluding hydrogens is 244 g/mol. The summed E-state index contributed by atoms with van der Waals surface area (Å²) >= 11 is 2.04. The highest BCUT2D eigenvalue weighted by atomic mass is 32.2. The first-order chi connectivity index (χ1) is 8.81. The second-order valence-electron chi connectivity index (χ2n) is 4.68. The highest BCUT2D eigenvalue weighted by Gasteiger charge is 2.15. The van der Waals surface area contributed by atoms with E-state index in [0.29, 0.717) is 6.61 Å². The van der Waals surface area contributed by atoms with Crippen molar-refractivity contribution in [3.05, 3.63) is 18.2 Å². The Balaban J connectivity index is 1.94. The third-order valence-corrected chi connectivity index (χ3v) is 4.36. The number of nitrogens with one attached hydrogen (secondary N) is 1. The van der Waals surface area contributed by atoms with Crippen molar-refractivity contribution < 1.29 is 4.74 Å². The van der Waals surface area contributed by atoms with Crippen molar-refractivity contribution >= 4 is 23.1 Å². The molecule has 18 heavy (non-hydrogen) atoms. The topological polar surface area (TPSA) is 47.3 Å². The monoisotopic (exact) mass is 266 g/mol. The molecule has 0 amide bonds. The molecule has 0 aromatic heterocycles. The summed E-state index contributed by atoms with van der Waals surface area (Å²) in [5.74, 6) is 4.12. The Kier molecular flexibility index (Phi) is 5.05. The second kappa shape index (κ2) is 6.78. The molecule has 0 bridgehead atoms. The van der Waals surface area contributed by atoms with Crippen LogP contribution in [-0.4, -0.2) is 24.7 Å². The Morgan fingerprint density at radius 2 is 2.39 bits per heavy atom. The maximum Gasteiger partial charge on any atom is 0.144 e. The Hall–Kier alpha value is -1.03. The summed E-state index contributed by atoms with van der Waals surface area (Å²) in [5.41, 5.74) is 7.85. The van der Waals surface area contributed by atoms with Gasteiger partial charge in [0.2, 0.25) is 0 Å². The van der Waals surface area contributed by atoms with Crippen molar-refractivity contribution in [2.75, 3.05) is 35.7 Å². The molecule has 0 aliphatic carbocycles. The number of nitrogen functional groups attached to an aromatic ring is 1. The molecule has 1 saturated heterocycles. The van der Waals surface area contributed by atoms with E-state index in [1.54, 1.807) is 0 Å². The quantitative estimate of drug-likeness (QED) is 0.776. The molecule has 1 aromatic rings. The largest absolute Gasteiger partial charge is 0.491 e. The van der Waals surface area contributed by atoms with Gasteiger partial charge in [-0.3, -0.25) is 0 Å². The van der Waals surface area contributed by atoms with Crippen molar-refractivity contribution in [3.8, 4) is 5.75 Å². The highest BCUT2D eigenvalue weighted by molar-refractivity contribution is 7.99. The van der Waals surface area contributed by atoms with Gasteiger partial charge >= 0.3 is 0 Å². The lowest BCUT2D eigenvalue weighted by Gasteiger charge is -2.15. The van der Waals surface area contributed by atoms with Crippen LogP contribution < -0.4 is 15.8 Å². The second-order valence-corrected chi connectivity index (χ2v) is 5.83. The minimum atomic E-state index is 0.715. The number of thioether (sulfide) groups is 1. The van der Waals surface area contributed by atoms with Gasteiger partial charge in [0.15, 0.2) is 0 Å². The van der Waals surface area contributed by atoms with E-state index < -0.39 is 0 Å². The molecule has 1 aliphatic heterocycles. The van der Waals surface area contributed by atoms with Crippen molar-refractivity contribution in [1.82, 2.24) is 0 Å². The summed E-state index contributed by atoms with van der Waals surface area (Å²) in [6.07, 6.45) is 2.31. The Morgan fingerprint density at radius 1 is 1.50 bits per heavy atom. The van der Waals surface area contributed by atoms with Crippen LogP contribution >= 0.6 is 11.8 Å². The molecule has 3 N–H and O–H groups in total. The number of anilines is 2. The minimum Gasteiger partial charge on any atom is -0.491 e. The van der Waals surface area contributed by atoms with Crippen molar-refractivity contribution in [3.63, 3.8) is 0 Å². The van der Waals surface area contributed by atoms with E-state index in [0.717, 1.165) is 36.0 Å². The summed E-state index contributed by atoms with van der Waals surface area (Å²) in [6.45, 7) is 3.82. The smallest absolute Gasteiger partial charge is 0.144 e. The fourth-order valence-corrected chi connectivity index (χ4v) is 3.32. The molecule has 100 valence electrons. The van der Waals surface area contributed by atoms with Crippen LogP contribution in [0.1, 0.15) is 19.8 Å². The average Bonchev–Trinajstić information content (AvgIpc) is 2.89. The molecule has 2 rings (SSSR count). The van der Waals surface area contributed by atoms with E-state index in [-0.39, 0.29) is 0 Å². The lowest BCUT2D eigenvalue weighted by Crippen LogP contribution is -2.14. The number of para-hydroxylation sites is 1. The van der Waals surface area contributed by atoms with Gasteiger partial charge < -0.3 is 15.8 Å². The average molecular weight is 266 g/mol. The zero-order valence-corrected chi connectivity index (χ0v) is 11.8. The van der Waals surface area contributed by atoms with Crippen LogP contribution in [0, 0.1) is 5.92 Å². The molecule has 1 fully saturated rings. The third kappa shape index (κ3) is 3.48. The fraction of sp³-hybridized carbons (Fsp3) is 0.571. The van der Waals surface area contributed by atoms with E-state index in [9.17, 15) is 0 Å². The Morgan fingerprint density at radius 3 is 3.11 bits per heavy atom. The first kappa shape index (κ1) is 13.4. The maximum absolute atomic E-state index is 6.12. The summed E-state index contributed by atoms with van der Waals surface area (Å²) in [7, 11) is 0. The molecule has 4 heteroatoms. The fourth-order valence-electron chi connectivity index (χ4n) is 2.03. The van der Waals surface area contributed by atoms with Crippen LogP contribution in [-0.2, 0) is 0 Å². The predicted octanol–water partition coefficient (Wildman–Crippen LogP) is 3.22. The molecule has 3 nitrogen and oxygen atoms in total. The van der Waals surface area contributed by atoms with Gasteiger partial charge in [-0.25, -0.2) is 0 Å². The molecule has 1 heterocycles. The summed E-state index contributed by atoms with van der Waals surface area (Å²) in [5, 5.41) is 3.45. The van der Waals surface area contributed by atoms with Gasteiger partial charge in [-0.05, 0) is 42.4 Å². The lowest BCUT2D eigenvalue weighted by molar-refractivity contribution is 0.319. The minimum absolute atomic E-state index is 0.715. The predicted molar refractivity (Wildman–Crippen MR) is 80.6 cm³/mol. The van der Waals surface area contributed by atoms with Crippen LogP contribution in [0.4, 0.5) is 11.4 Å². The van der Waals surface area contributed by atoms with Crippen molar-refractivity contribution in [1.29, 1.82) is 0 Å². The zero-order chi connectivity index (χ0) is 12.8. The van der Waals surface area contributed by atoms with E-state index in [1.165, 1.54) is 17.9 Å². The molecule has 1 unspecified atom stereocenters. The first-order valence-corrected chi connectivity index (χ1v) is 7.79. The van der Waals surface area contributed by atoms with Gasteiger partial charge in [0.05, 0.1) is 18.0 Å². The SMILES string of the molecule is CCCOc1cccc(NCC2CCSC2)c1N. The molecule has 0 spiro atoms. The van der Waals surface area contributed by atoms with Crippen LogP contribution in [0.25, 0.3) is 0 Å². The zero-order valence-electron chi connectivity index (χ0n) is 10.9. The molecule has 1 atom stereocenters. The van der Waals surface area contributed by atoms with Crippen molar-refractivity contribution in [2.45, 2.75) is 19.8 Å². The number of hydrogen-bond acceptors (Lipinski definition) is 4. The summed E-state index contributed by atoms with van der Waals surface area (Å²) in [6, 6.07) is 5.95. The Bertz CT molecular complexity index is 378. The first-order valence-electron chi connectivity index (χ1n) is 6.64. The van der Waals surface area contributed by atoms with Gasteiger partial charge in [-0.15, -0.1) is 0 Å². The summed E-state index contributed by atoms with van der Waals surface area (Å²) in [4.78, 5) is 0. The molecular formula is C14H22N2OS. The number of rotatable bonds is 6. The molecule has 0 radical (unpaired) electrons. The van der Waals surface area contributed by atoms with Crippen molar-refractivity contribution in [2.24, 2.45) is 5.92 Å². The molecule has 1 aliphatic rings. The van der Waals surface area contributed by atoms with Crippen LogP contribution in [0.15, 0.2) is 18.2 Å². The van der Waals surface area contributed by atoms with Crippen LogP contribution in [0.3, 0.4) is 0 Å².